The fraction of sp³-hybridized carbons (Fsp3) is 0.0714. The van der Waals surface area contributed by atoms with E-state index in [4.69, 9.17) is 9.31 Å². The Morgan fingerprint density at radius 2 is 0.742 bits per heavy atom. The molecule has 1 saturated heterocycles. The van der Waals surface area contributed by atoms with Crippen LogP contribution in [-0.4, -0.2) is 7.12 Å². The van der Waals surface area contributed by atoms with Crippen LogP contribution in [0.5, 0.6) is 0 Å². The molecule has 1 fully saturated rings. The van der Waals surface area contributed by atoms with Crippen LogP contribution in [0.1, 0.15) is 22.3 Å². The van der Waals surface area contributed by atoms with E-state index in [0.29, 0.717) is 0 Å². The second-order valence-corrected chi connectivity index (χ2v) is 7.67. The summed E-state index contributed by atoms with van der Waals surface area (Å²) in [6, 6.07) is 41.4. The predicted molar refractivity (Wildman–Crippen MR) is 125 cm³/mol. The Kier molecular flexibility index (Phi) is 5.07. The van der Waals surface area contributed by atoms with Crippen LogP contribution in [0.25, 0.3) is 0 Å². The maximum Gasteiger partial charge on any atom is 0.487 e. The van der Waals surface area contributed by atoms with Gasteiger partial charge in [-0.05, 0) is 22.3 Å². The molecular formula is C28H23BO2. The highest BCUT2D eigenvalue weighted by atomic mass is 16.7. The first-order valence-electron chi connectivity index (χ1n) is 10.5. The van der Waals surface area contributed by atoms with Gasteiger partial charge in [0.25, 0.3) is 0 Å². The summed E-state index contributed by atoms with van der Waals surface area (Å²) in [5, 5.41) is 0. The molecule has 0 amide bonds. The highest BCUT2D eigenvalue weighted by Crippen LogP contribution is 2.58. The van der Waals surface area contributed by atoms with Crippen molar-refractivity contribution in [2.75, 3.05) is 0 Å². The van der Waals surface area contributed by atoms with Crippen LogP contribution in [0.2, 0.25) is 0 Å². The van der Waals surface area contributed by atoms with Crippen molar-refractivity contribution in [2.45, 2.75) is 11.2 Å². The van der Waals surface area contributed by atoms with Crippen LogP contribution in [0.3, 0.4) is 0 Å². The van der Waals surface area contributed by atoms with E-state index in [0.717, 1.165) is 22.3 Å². The minimum Gasteiger partial charge on any atom is -0.390 e. The maximum atomic E-state index is 6.85. The standard InChI is InChI=1S/C28H23BO2/c1-2-29-30-27(23-15-7-3-8-16-23,24-17-9-4-10-18-24)28(31-29,25-19-11-5-12-20-25)26-21-13-6-14-22-26/h2-22H,1H2. The predicted octanol–water partition coefficient (Wildman–Crippen LogP) is 6.13. The summed E-state index contributed by atoms with van der Waals surface area (Å²) in [6.45, 7) is 4.00. The van der Waals surface area contributed by atoms with Gasteiger partial charge < -0.3 is 9.31 Å². The Labute approximate surface area is 183 Å². The van der Waals surface area contributed by atoms with E-state index >= 15 is 0 Å². The molecule has 3 heteroatoms. The Morgan fingerprint density at radius 3 is 0.968 bits per heavy atom. The van der Waals surface area contributed by atoms with Crippen LogP contribution in [0.15, 0.2) is 134 Å². The van der Waals surface area contributed by atoms with Gasteiger partial charge in [0.1, 0.15) is 11.2 Å². The van der Waals surface area contributed by atoms with Crippen molar-refractivity contribution >= 4 is 7.12 Å². The molecule has 1 heterocycles. The summed E-state index contributed by atoms with van der Waals surface area (Å²) in [5.41, 5.74) is 2.27. The van der Waals surface area contributed by atoms with Crippen molar-refractivity contribution in [3.05, 3.63) is 156 Å². The Morgan fingerprint density at radius 1 is 0.484 bits per heavy atom. The third kappa shape index (κ3) is 2.97. The number of rotatable bonds is 5. The summed E-state index contributed by atoms with van der Waals surface area (Å²) in [7, 11) is -0.583. The SMILES string of the molecule is C=CB1OC(c2ccccc2)(c2ccccc2)C(c2ccccc2)(c2ccccc2)O1. The zero-order valence-corrected chi connectivity index (χ0v) is 17.2. The molecule has 0 unspecified atom stereocenters. The molecule has 0 N–H and O–H groups in total. The van der Waals surface area contributed by atoms with Crippen LogP contribution >= 0.6 is 0 Å². The van der Waals surface area contributed by atoms with Gasteiger partial charge in [-0.2, -0.15) is 0 Å². The van der Waals surface area contributed by atoms with Crippen LogP contribution < -0.4 is 0 Å². The monoisotopic (exact) mass is 402 g/mol. The molecule has 5 rings (SSSR count). The first kappa shape index (κ1) is 19.6. The lowest BCUT2D eigenvalue weighted by Gasteiger charge is -2.46. The first-order chi connectivity index (χ1) is 15.3. The molecule has 0 aromatic heterocycles. The van der Waals surface area contributed by atoms with Crippen molar-refractivity contribution < 1.29 is 9.31 Å². The normalized spacial score (nSPS) is 16.7. The van der Waals surface area contributed by atoms with Gasteiger partial charge in [0.15, 0.2) is 0 Å². The maximum absolute atomic E-state index is 6.85. The largest absolute Gasteiger partial charge is 0.487 e. The molecule has 1 aliphatic rings. The lowest BCUT2D eigenvalue weighted by atomic mass is 9.66. The summed E-state index contributed by atoms with van der Waals surface area (Å²) in [5.74, 6) is 1.73. The van der Waals surface area contributed by atoms with Crippen molar-refractivity contribution in [2.24, 2.45) is 0 Å². The highest BCUT2D eigenvalue weighted by molar-refractivity contribution is 6.51. The average Bonchev–Trinajstić information content (AvgIpc) is 3.24. The van der Waals surface area contributed by atoms with E-state index in [1.54, 1.807) is 5.98 Å². The number of benzene rings is 4. The van der Waals surface area contributed by atoms with Gasteiger partial charge in [-0.1, -0.05) is 127 Å². The summed E-state index contributed by atoms with van der Waals surface area (Å²) in [6.07, 6.45) is 0. The highest BCUT2D eigenvalue weighted by Gasteiger charge is 2.64. The molecule has 4 aromatic rings. The van der Waals surface area contributed by atoms with Crippen molar-refractivity contribution in [1.29, 1.82) is 0 Å². The van der Waals surface area contributed by atoms with Gasteiger partial charge in [-0.3, -0.25) is 0 Å². The minimum atomic E-state index is -0.920. The second kappa shape index (κ2) is 8.03. The molecule has 0 atom stereocenters. The van der Waals surface area contributed by atoms with Gasteiger partial charge in [-0.15, -0.1) is 6.58 Å². The van der Waals surface area contributed by atoms with Crippen LogP contribution in [-0.2, 0) is 20.5 Å². The van der Waals surface area contributed by atoms with Crippen LogP contribution in [0, 0.1) is 0 Å². The summed E-state index contributed by atoms with van der Waals surface area (Å²) >= 11 is 0. The molecule has 0 saturated carbocycles. The van der Waals surface area contributed by atoms with Crippen molar-refractivity contribution in [1.82, 2.24) is 0 Å². The first-order valence-corrected chi connectivity index (χ1v) is 10.5. The van der Waals surface area contributed by atoms with E-state index in [1.165, 1.54) is 0 Å². The van der Waals surface area contributed by atoms with Gasteiger partial charge in [0.2, 0.25) is 0 Å². The lowest BCUT2D eigenvalue weighted by molar-refractivity contribution is 0.00370. The molecular weight excluding hydrogens is 379 g/mol. The number of hydrogen-bond acceptors (Lipinski definition) is 2. The Balaban J connectivity index is 1.94. The lowest BCUT2D eigenvalue weighted by Crippen LogP contribution is -2.48. The van der Waals surface area contributed by atoms with Crippen LogP contribution in [0.4, 0.5) is 0 Å². The fourth-order valence-electron chi connectivity index (χ4n) is 4.74. The Hall–Kier alpha value is -3.40. The van der Waals surface area contributed by atoms with E-state index in [9.17, 15) is 0 Å². The van der Waals surface area contributed by atoms with Gasteiger partial charge in [0, 0.05) is 0 Å². The smallest absolute Gasteiger partial charge is 0.390 e. The third-order valence-corrected chi connectivity index (χ3v) is 6.00. The molecule has 2 nitrogen and oxygen atoms in total. The van der Waals surface area contributed by atoms with E-state index < -0.39 is 18.3 Å². The summed E-state index contributed by atoms with van der Waals surface area (Å²) in [4.78, 5) is 0. The van der Waals surface area contributed by atoms with E-state index in [-0.39, 0.29) is 0 Å². The third-order valence-electron chi connectivity index (χ3n) is 6.00. The quantitative estimate of drug-likeness (QED) is 0.374. The molecule has 1 aliphatic heterocycles. The molecule has 0 aliphatic carbocycles. The van der Waals surface area contributed by atoms with Crippen molar-refractivity contribution in [3.63, 3.8) is 0 Å². The number of hydrogen-bond donors (Lipinski definition) is 0. The fourth-order valence-corrected chi connectivity index (χ4v) is 4.74. The topological polar surface area (TPSA) is 18.5 Å². The molecule has 150 valence electrons. The average molecular weight is 402 g/mol. The summed E-state index contributed by atoms with van der Waals surface area (Å²) < 4.78 is 13.7. The molecule has 0 spiro atoms. The zero-order chi connectivity index (χ0) is 21.2. The second-order valence-electron chi connectivity index (χ2n) is 7.67. The minimum absolute atomic E-state index is 0.583. The van der Waals surface area contributed by atoms with Gasteiger partial charge in [-0.25, -0.2) is 0 Å². The zero-order valence-electron chi connectivity index (χ0n) is 17.2. The van der Waals surface area contributed by atoms with E-state index in [1.807, 2.05) is 72.8 Å². The van der Waals surface area contributed by atoms with Gasteiger partial charge in [0.05, 0.1) is 0 Å². The molecule has 0 radical (unpaired) electrons. The van der Waals surface area contributed by atoms with E-state index in [2.05, 4.69) is 55.1 Å². The van der Waals surface area contributed by atoms with Crippen molar-refractivity contribution in [3.8, 4) is 0 Å². The molecule has 4 aromatic carbocycles. The molecule has 0 bridgehead atoms. The van der Waals surface area contributed by atoms with Gasteiger partial charge >= 0.3 is 7.12 Å². The molecule has 31 heavy (non-hydrogen) atoms. The Bertz CT molecular complexity index is 975.